The average Bonchev–Trinajstić information content (AvgIpc) is 3.22. The molecule has 160 valence electrons. The number of amides is 1. The van der Waals surface area contributed by atoms with Gasteiger partial charge >= 0.3 is 0 Å². The van der Waals surface area contributed by atoms with E-state index in [0.29, 0.717) is 47.4 Å². The third-order valence-electron chi connectivity index (χ3n) is 4.78. The third kappa shape index (κ3) is 5.93. The summed E-state index contributed by atoms with van der Waals surface area (Å²) in [5.41, 5.74) is 1.69. The van der Waals surface area contributed by atoms with Crippen LogP contribution in [0.25, 0.3) is 0 Å². The van der Waals surface area contributed by atoms with Crippen LogP contribution in [0, 0.1) is 11.3 Å². The number of anilines is 1. The second-order valence-corrected chi connectivity index (χ2v) is 8.79. The molecule has 0 fully saturated rings. The van der Waals surface area contributed by atoms with Gasteiger partial charge in [-0.3, -0.25) is 4.79 Å². The number of hydrogen-bond acceptors (Lipinski definition) is 5. The van der Waals surface area contributed by atoms with Gasteiger partial charge in [0.2, 0.25) is 11.8 Å². The predicted octanol–water partition coefficient (Wildman–Crippen LogP) is 5.45. The van der Waals surface area contributed by atoms with Gasteiger partial charge in [-0.25, -0.2) is 0 Å². The lowest BCUT2D eigenvalue weighted by Gasteiger charge is -2.24. The van der Waals surface area contributed by atoms with Crippen molar-refractivity contribution in [2.75, 3.05) is 4.90 Å². The van der Waals surface area contributed by atoms with E-state index >= 15 is 0 Å². The van der Waals surface area contributed by atoms with Gasteiger partial charge in [-0.15, -0.1) is 0 Å². The zero-order valence-corrected chi connectivity index (χ0v) is 18.7. The predicted molar refractivity (Wildman–Crippen MR) is 120 cm³/mol. The first-order chi connectivity index (χ1) is 14.8. The zero-order valence-electron chi connectivity index (χ0n) is 17.9. The minimum absolute atomic E-state index is 0.0989. The average molecular weight is 437 g/mol. The highest BCUT2D eigenvalue weighted by molar-refractivity contribution is 6.31. The maximum Gasteiger partial charge on any atom is 0.227 e. The molecule has 0 bridgehead atoms. The molecule has 6 nitrogen and oxygen atoms in total. The molecular formula is C24H25ClN4O2. The molecule has 3 rings (SSSR count). The topological polar surface area (TPSA) is 83.0 Å². The Bertz CT molecular complexity index is 1080. The summed E-state index contributed by atoms with van der Waals surface area (Å²) in [5.74, 6) is 1.07. The van der Waals surface area contributed by atoms with E-state index in [1.807, 2.05) is 51.1 Å². The first-order valence-electron chi connectivity index (χ1n) is 10.1. The maximum absolute atomic E-state index is 13.2. The van der Waals surface area contributed by atoms with E-state index in [1.54, 1.807) is 23.1 Å². The maximum atomic E-state index is 13.2. The number of carbonyl (C=O) groups is 1. The highest BCUT2D eigenvalue weighted by Gasteiger charge is 2.22. The van der Waals surface area contributed by atoms with Gasteiger partial charge in [0.25, 0.3) is 0 Å². The normalized spacial score (nSPS) is 11.2. The summed E-state index contributed by atoms with van der Waals surface area (Å²) >= 11 is 6.17. The lowest BCUT2D eigenvalue weighted by atomic mass is 9.96. The molecule has 0 N–H and O–H groups in total. The quantitative estimate of drug-likeness (QED) is 0.491. The molecule has 0 spiro atoms. The molecule has 0 aliphatic rings. The number of aromatic nitrogens is 2. The molecule has 1 amide bonds. The fourth-order valence-corrected chi connectivity index (χ4v) is 3.25. The van der Waals surface area contributed by atoms with E-state index < -0.39 is 0 Å². The molecular weight excluding hydrogens is 412 g/mol. The van der Waals surface area contributed by atoms with Crippen LogP contribution < -0.4 is 4.90 Å². The van der Waals surface area contributed by atoms with Crippen LogP contribution in [0.1, 0.15) is 56.5 Å². The van der Waals surface area contributed by atoms with Gasteiger partial charge in [-0.1, -0.05) is 67.9 Å². The summed E-state index contributed by atoms with van der Waals surface area (Å²) in [6.07, 6.45) is 1.34. The first-order valence-corrected chi connectivity index (χ1v) is 10.5. The monoisotopic (exact) mass is 436 g/mol. The zero-order chi connectivity index (χ0) is 22.4. The number of aryl methyl sites for hydroxylation is 1. The summed E-state index contributed by atoms with van der Waals surface area (Å²) in [6, 6.07) is 16.8. The molecule has 0 unspecified atom stereocenters. The highest BCUT2D eigenvalue weighted by Crippen LogP contribution is 2.27. The van der Waals surface area contributed by atoms with Crippen LogP contribution in [0.2, 0.25) is 5.02 Å². The van der Waals surface area contributed by atoms with E-state index in [1.165, 1.54) is 0 Å². The van der Waals surface area contributed by atoms with Crippen LogP contribution in [0.15, 0.2) is 53.1 Å². The number of nitrogens with zero attached hydrogens (tertiary/aromatic N) is 4. The fourth-order valence-electron chi connectivity index (χ4n) is 3.08. The molecule has 0 radical (unpaired) electrons. The Morgan fingerprint density at radius 2 is 1.94 bits per heavy atom. The molecule has 2 aromatic carbocycles. The number of halogens is 1. The summed E-state index contributed by atoms with van der Waals surface area (Å²) in [6.45, 7) is 6.41. The van der Waals surface area contributed by atoms with Crippen LogP contribution in [0.5, 0.6) is 0 Å². The molecule has 3 aromatic rings. The highest BCUT2D eigenvalue weighted by atomic mass is 35.5. The van der Waals surface area contributed by atoms with Crippen molar-refractivity contribution < 1.29 is 9.32 Å². The Morgan fingerprint density at radius 1 is 1.19 bits per heavy atom. The van der Waals surface area contributed by atoms with Crippen molar-refractivity contribution >= 4 is 23.2 Å². The lowest BCUT2D eigenvalue weighted by Crippen LogP contribution is -2.31. The molecule has 0 aliphatic heterocycles. The van der Waals surface area contributed by atoms with E-state index in [4.69, 9.17) is 16.1 Å². The number of nitriles is 1. The Balaban J connectivity index is 1.76. The van der Waals surface area contributed by atoms with Crippen molar-refractivity contribution in [2.45, 2.75) is 52.0 Å². The smallest absolute Gasteiger partial charge is 0.227 e. The Morgan fingerprint density at radius 3 is 2.58 bits per heavy atom. The van der Waals surface area contributed by atoms with Crippen LogP contribution in [0.4, 0.5) is 5.69 Å². The van der Waals surface area contributed by atoms with Crippen molar-refractivity contribution in [3.05, 3.63) is 76.4 Å². The van der Waals surface area contributed by atoms with Crippen LogP contribution in [0.3, 0.4) is 0 Å². The molecule has 7 heteroatoms. The minimum atomic E-state index is -0.190. The molecule has 1 aromatic heterocycles. The molecule has 0 saturated heterocycles. The van der Waals surface area contributed by atoms with Gasteiger partial charge in [0.15, 0.2) is 5.82 Å². The van der Waals surface area contributed by atoms with Crippen molar-refractivity contribution in [3.8, 4) is 6.07 Å². The second kappa shape index (κ2) is 9.76. The molecule has 0 saturated carbocycles. The number of carbonyl (C=O) groups excluding carboxylic acids is 1. The van der Waals surface area contributed by atoms with E-state index in [-0.39, 0.29) is 17.7 Å². The van der Waals surface area contributed by atoms with Crippen molar-refractivity contribution in [3.63, 3.8) is 0 Å². The molecule has 0 aliphatic carbocycles. The first kappa shape index (κ1) is 22.5. The number of hydrogen-bond donors (Lipinski definition) is 0. The van der Waals surface area contributed by atoms with Crippen LogP contribution >= 0.6 is 11.6 Å². The van der Waals surface area contributed by atoms with E-state index in [2.05, 4.69) is 16.2 Å². The largest absolute Gasteiger partial charge is 0.339 e. The number of rotatable bonds is 7. The molecule has 0 atom stereocenters. The van der Waals surface area contributed by atoms with Gasteiger partial charge in [0, 0.05) is 23.3 Å². The molecule has 1 heterocycles. The minimum Gasteiger partial charge on any atom is -0.339 e. The summed E-state index contributed by atoms with van der Waals surface area (Å²) in [7, 11) is 0. The van der Waals surface area contributed by atoms with E-state index in [9.17, 15) is 10.1 Å². The van der Waals surface area contributed by atoms with Crippen LogP contribution in [-0.4, -0.2) is 16.0 Å². The Labute approximate surface area is 187 Å². The Kier molecular flexibility index (Phi) is 7.09. The summed E-state index contributed by atoms with van der Waals surface area (Å²) in [5, 5.41) is 14.0. The second-order valence-electron chi connectivity index (χ2n) is 8.35. The van der Waals surface area contributed by atoms with Gasteiger partial charge < -0.3 is 9.42 Å². The van der Waals surface area contributed by atoms with Gasteiger partial charge in [0.05, 0.1) is 17.8 Å². The van der Waals surface area contributed by atoms with Gasteiger partial charge in [-0.05, 0) is 30.2 Å². The summed E-state index contributed by atoms with van der Waals surface area (Å²) < 4.78 is 5.32. The van der Waals surface area contributed by atoms with Crippen LogP contribution in [-0.2, 0) is 23.2 Å². The van der Waals surface area contributed by atoms with Crippen molar-refractivity contribution in [1.29, 1.82) is 5.26 Å². The lowest BCUT2D eigenvalue weighted by molar-refractivity contribution is -0.118. The number of benzene rings is 2. The SMILES string of the molecule is CC(C)(C)c1noc(CCCC(=O)N(Cc2ccccc2)c2cc(Cl)ccc2C#N)n1. The van der Waals surface area contributed by atoms with Gasteiger partial charge in [0.1, 0.15) is 6.07 Å². The summed E-state index contributed by atoms with van der Waals surface area (Å²) in [4.78, 5) is 19.2. The van der Waals surface area contributed by atoms with Gasteiger partial charge in [-0.2, -0.15) is 10.2 Å². The van der Waals surface area contributed by atoms with Crippen molar-refractivity contribution in [2.24, 2.45) is 0 Å². The third-order valence-corrected chi connectivity index (χ3v) is 5.01. The van der Waals surface area contributed by atoms with E-state index in [0.717, 1.165) is 5.56 Å². The Hall–Kier alpha value is -3.17. The van der Waals surface area contributed by atoms with Crippen molar-refractivity contribution in [1.82, 2.24) is 10.1 Å². The molecule has 31 heavy (non-hydrogen) atoms. The fraction of sp³-hybridized carbons (Fsp3) is 0.333. The standard InChI is InChI=1S/C24H25ClN4O2/c1-24(2,3)23-27-21(31-28-23)10-7-11-22(30)29(16-17-8-5-4-6-9-17)20-14-19(25)13-12-18(20)15-26/h4-6,8-9,12-14H,7,10-11,16H2,1-3H3.